The molecule has 0 aromatic heterocycles. The summed E-state index contributed by atoms with van der Waals surface area (Å²) < 4.78 is 10.1. The summed E-state index contributed by atoms with van der Waals surface area (Å²) in [5.41, 5.74) is 1.11. The van der Waals surface area contributed by atoms with Crippen molar-refractivity contribution >= 4 is 17.6 Å². The minimum Gasteiger partial charge on any atom is -0.493 e. The van der Waals surface area contributed by atoms with Crippen molar-refractivity contribution in [3.63, 3.8) is 0 Å². The molecule has 0 radical (unpaired) electrons. The maximum Gasteiger partial charge on any atom is 0.308 e. The number of carbonyl (C=O) groups excluding carboxylic acids is 2. The molecule has 0 spiro atoms. The van der Waals surface area contributed by atoms with Gasteiger partial charge in [0.05, 0.1) is 7.11 Å². The summed E-state index contributed by atoms with van der Waals surface area (Å²) in [5, 5.41) is 2.77. The van der Waals surface area contributed by atoms with Crippen LogP contribution in [0.5, 0.6) is 11.5 Å². The highest BCUT2D eigenvalue weighted by atomic mass is 16.6. The van der Waals surface area contributed by atoms with E-state index in [-0.39, 0.29) is 11.7 Å². The smallest absolute Gasteiger partial charge is 0.308 e. The summed E-state index contributed by atoms with van der Waals surface area (Å²) in [4.78, 5) is 23.1. The summed E-state index contributed by atoms with van der Waals surface area (Å²) in [5.74, 6) is -0.115. The van der Waals surface area contributed by atoms with Gasteiger partial charge in [-0.2, -0.15) is 0 Å². The number of hydrogen-bond acceptors (Lipinski definition) is 4. The predicted octanol–water partition coefficient (Wildman–Crippen LogP) is 2.87. The lowest BCUT2D eigenvalue weighted by Crippen LogP contribution is -2.12. The van der Waals surface area contributed by atoms with E-state index in [0.717, 1.165) is 0 Å². The molecule has 2 rings (SSSR count). The molecule has 21 heavy (non-hydrogen) atoms. The zero-order valence-corrected chi connectivity index (χ0v) is 11.8. The van der Waals surface area contributed by atoms with Gasteiger partial charge in [0.25, 0.3) is 5.91 Å². The second kappa shape index (κ2) is 6.56. The fourth-order valence-electron chi connectivity index (χ4n) is 1.77. The van der Waals surface area contributed by atoms with Crippen molar-refractivity contribution in [2.45, 2.75) is 6.92 Å². The highest BCUT2D eigenvalue weighted by molar-refractivity contribution is 6.04. The molecule has 2 aromatic rings. The molecule has 0 atom stereocenters. The SMILES string of the molecule is COc1cc(C(=O)Nc2ccccc2)ccc1OC(C)=O. The largest absolute Gasteiger partial charge is 0.493 e. The molecule has 5 heteroatoms. The van der Waals surface area contributed by atoms with Crippen LogP contribution in [0.2, 0.25) is 0 Å². The van der Waals surface area contributed by atoms with Crippen molar-refractivity contribution < 1.29 is 19.1 Å². The van der Waals surface area contributed by atoms with E-state index in [0.29, 0.717) is 17.0 Å². The van der Waals surface area contributed by atoms with E-state index in [1.54, 1.807) is 18.2 Å². The number of methoxy groups -OCH3 is 1. The molecule has 0 aliphatic carbocycles. The van der Waals surface area contributed by atoms with Gasteiger partial charge in [-0.1, -0.05) is 18.2 Å². The van der Waals surface area contributed by atoms with Gasteiger partial charge in [0, 0.05) is 18.2 Å². The van der Waals surface area contributed by atoms with E-state index in [9.17, 15) is 9.59 Å². The Hall–Kier alpha value is -2.82. The Morgan fingerprint density at radius 3 is 2.33 bits per heavy atom. The van der Waals surface area contributed by atoms with Crippen LogP contribution in [0.4, 0.5) is 5.69 Å². The minimum absolute atomic E-state index is 0.270. The molecule has 0 bridgehead atoms. The zero-order valence-electron chi connectivity index (χ0n) is 11.8. The van der Waals surface area contributed by atoms with Crippen LogP contribution in [0, 0.1) is 0 Å². The number of nitrogens with one attached hydrogen (secondary N) is 1. The standard InChI is InChI=1S/C16H15NO4/c1-11(18)21-14-9-8-12(10-15(14)20-2)16(19)17-13-6-4-3-5-7-13/h3-10H,1-2H3,(H,17,19). The summed E-state index contributed by atoms with van der Waals surface area (Å²) in [6, 6.07) is 13.7. The Bertz CT molecular complexity index is 653. The van der Waals surface area contributed by atoms with E-state index < -0.39 is 5.97 Å². The Morgan fingerprint density at radius 2 is 1.71 bits per heavy atom. The number of benzene rings is 2. The van der Waals surface area contributed by atoms with Gasteiger partial charge in [0.15, 0.2) is 11.5 Å². The van der Waals surface area contributed by atoms with E-state index in [4.69, 9.17) is 9.47 Å². The fourth-order valence-corrected chi connectivity index (χ4v) is 1.77. The molecule has 0 saturated carbocycles. The van der Waals surface area contributed by atoms with Crippen LogP contribution in [0.25, 0.3) is 0 Å². The van der Waals surface area contributed by atoms with Crippen molar-refractivity contribution in [1.29, 1.82) is 0 Å². The van der Waals surface area contributed by atoms with E-state index in [1.165, 1.54) is 26.2 Å². The lowest BCUT2D eigenvalue weighted by atomic mass is 10.2. The molecule has 0 unspecified atom stereocenters. The molecule has 108 valence electrons. The first-order valence-electron chi connectivity index (χ1n) is 6.33. The van der Waals surface area contributed by atoms with Crippen molar-refractivity contribution in [2.75, 3.05) is 12.4 Å². The monoisotopic (exact) mass is 285 g/mol. The predicted molar refractivity (Wildman–Crippen MR) is 78.7 cm³/mol. The molecule has 0 heterocycles. The molecule has 0 aliphatic rings. The first-order chi connectivity index (χ1) is 10.1. The van der Waals surface area contributed by atoms with Gasteiger partial charge in [-0.3, -0.25) is 9.59 Å². The first kappa shape index (κ1) is 14.6. The Kier molecular flexibility index (Phi) is 4.56. The summed E-state index contributed by atoms with van der Waals surface area (Å²) in [7, 11) is 1.45. The minimum atomic E-state index is -0.449. The summed E-state index contributed by atoms with van der Waals surface area (Å²) in [6.07, 6.45) is 0. The lowest BCUT2D eigenvalue weighted by Gasteiger charge is -2.10. The molecular formula is C16H15NO4. The number of ether oxygens (including phenoxy) is 2. The van der Waals surface area contributed by atoms with E-state index in [2.05, 4.69) is 5.32 Å². The van der Waals surface area contributed by atoms with Gasteiger partial charge in [-0.15, -0.1) is 0 Å². The molecule has 1 N–H and O–H groups in total. The van der Waals surface area contributed by atoms with Crippen LogP contribution < -0.4 is 14.8 Å². The Balaban J connectivity index is 2.20. The number of hydrogen-bond donors (Lipinski definition) is 1. The van der Waals surface area contributed by atoms with E-state index in [1.807, 2.05) is 18.2 Å². The highest BCUT2D eigenvalue weighted by Crippen LogP contribution is 2.28. The van der Waals surface area contributed by atoms with Crippen LogP contribution >= 0.6 is 0 Å². The quantitative estimate of drug-likeness (QED) is 0.693. The third-order valence-electron chi connectivity index (χ3n) is 2.71. The van der Waals surface area contributed by atoms with Gasteiger partial charge in [0.2, 0.25) is 0 Å². The summed E-state index contributed by atoms with van der Waals surface area (Å²) in [6.45, 7) is 1.30. The van der Waals surface area contributed by atoms with Crippen LogP contribution in [0.15, 0.2) is 48.5 Å². The molecule has 2 aromatic carbocycles. The number of amides is 1. The Morgan fingerprint density at radius 1 is 1.00 bits per heavy atom. The van der Waals surface area contributed by atoms with Crippen molar-refractivity contribution in [1.82, 2.24) is 0 Å². The number of para-hydroxylation sites is 1. The third kappa shape index (κ3) is 3.82. The Labute approximate surface area is 122 Å². The maximum atomic E-state index is 12.1. The van der Waals surface area contributed by atoms with E-state index >= 15 is 0 Å². The maximum absolute atomic E-state index is 12.1. The molecule has 0 fully saturated rings. The zero-order chi connectivity index (χ0) is 15.2. The van der Waals surface area contributed by atoms with Crippen molar-refractivity contribution in [2.24, 2.45) is 0 Å². The van der Waals surface area contributed by atoms with Gasteiger partial charge in [-0.05, 0) is 30.3 Å². The highest BCUT2D eigenvalue weighted by Gasteiger charge is 2.12. The van der Waals surface area contributed by atoms with Gasteiger partial charge in [-0.25, -0.2) is 0 Å². The molecule has 0 aliphatic heterocycles. The van der Waals surface area contributed by atoms with Crippen LogP contribution in [0.3, 0.4) is 0 Å². The molecule has 5 nitrogen and oxygen atoms in total. The molecule has 1 amide bonds. The molecular weight excluding hydrogens is 270 g/mol. The van der Waals surface area contributed by atoms with Gasteiger partial charge in [0.1, 0.15) is 0 Å². The normalized spacial score (nSPS) is 9.81. The average Bonchev–Trinajstić information content (AvgIpc) is 2.48. The van der Waals surface area contributed by atoms with Crippen LogP contribution in [-0.2, 0) is 4.79 Å². The number of esters is 1. The molecule has 0 saturated heterocycles. The topological polar surface area (TPSA) is 64.6 Å². The fraction of sp³-hybridized carbons (Fsp3) is 0.125. The summed E-state index contributed by atoms with van der Waals surface area (Å²) >= 11 is 0. The first-order valence-corrected chi connectivity index (χ1v) is 6.33. The lowest BCUT2D eigenvalue weighted by molar-refractivity contribution is -0.132. The van der Waals surface area contributed by atoms with Gasteiger partial charge >= 0.3 is 5.97 Å². The third-order valence-corrected chi connectivity index (χ3v) is 2.71. The number of anilines is 1. The van der Waals surface area contributed by atoms with Crippen molar-refractivity contribution in [3.05, 3.63) is 54.1 Å². The average molecular weight is 285 g/mol. The number of carbonyl (C=O) groups is 2. The van der Waals surface area contributed by atoms with Gasteiger partial charge < -0.3 is 14.8 Å². The van der Waals surface area contributed by atoms with Crippen LogP contribution in [0.1, 0.15) is 17.3 Å². The van der Waals surface area contributed by atoms with Crippen LogP contribution in [-0.4, -0.2) is 19.0 Å². The second-order valence-electron chi connectivity index (χ2n) is 4.28. The van der Waals surface area contributed by atoms with Crippen molar-refractivity contribution in [3.8, 4) is 11.5 Å². The second-order valence-corrected chi connectivity index (χ2v) is 4.28. The number of rotatable bonds is 4.